The molecule has 20 heavy (non-hydrogen) atoms. The van der Waals surface area contributed by atoms with E-state index in [0.29, 0.717) is 6.54 Å². The summed E-state index contributed by atoms with van der Waals surface area (Å²) in [4.78, 5) is 2.14. The number of nitrogens with two attached hydrogens (primary N) is 1. The Kier molecular flexibility index (Phi) is 4.92. The van der Waals surface area contributed by atoms with E-state index in [1.807, 2.05) is 49.5 Å². The normalized spacial score (nSPS) is 12.2. The lowest BCUT2D eigenvalue weighted by molar-refractivity contribution is 0.740. The number of halogens is 2. The van der Waals surface area contributed by atoms with E-state index in [2.05, 4.69) is 11.8 Å². The van der Waals surface area contributed by atoms with Crippen LogP contribution < -0.4 is 10.6 Å². The molecule has 4 heteroatoms. The zero-order valence-electron chi connectivity index (χ0n) is 11.6. The zero-order valence-corrected chi connectivity index (χ0v) is 13.1. The first-order valence-corrected chi connectivity index (χ1v) is 7.25. The molecule has 0 saturated carbocycles. The number of anilines is 1. The van der Waals surface area contributed by atoms with E-state index in [0.717, 1.165) is 21.3 Å². The Labute approximate surface area is 130 Å². The van der Waals surface area contributed by atoms with Crippen LogP contribution in [0.15, 0.2) is 42.5 Å². The first kappa shape index (κ1) is 15.2. The van der Waals surface area contributed by atoms with Gasteiger partial charge in [0.2, 0.25) is 0 Å². The van der Waals surface area contributed by atoms with Crippen LogP contribution in [0.4, 0.5) is 5.69 Å². The molecule has 2 N–H and O–H groups in total. The van der Waals surface area contributed by atoms with Crippen molar-refractivity contribution in [3.05, 3.63) is 63.6 Å². The maximum atomic E-state index is 6.34. The van der Waals surface area contributed by atoms with E-state index in [9.17, 15) is 0 Å². The van der Waals surface area contributed by atoms with Crippen molar-refractivity contribution in [1.82, 2.24) is 0 Å². The van der Waals surface area contributed by atoms with Crippen molar-refractivity contribution < 1.29 is 0 Å². The number of benzene rings is 2. The summed E-state index contributed by atoms with van der Waals surface area (Å²) in [5.74, 6) is 0. The van der Waals surface area contributed by atoms with Crippen molar-refractivity contribution in [2.24, 2.45) is 5.73 Å². The molecule has 0 aliphatic heterocycles. The largest absolute Gasteiger partial charge is 0.367 e. The quantitative estimate of drug-likeness (QED) is 0.891. The molecule has 0 radical (unpaired) electrons. The van der Waals surface area contributed by atoms with E-state index in [4.69, 9.17) is 28.9 Å². The van der Waals surface area contributed by atoms with Gasteiger partial charge in [-0.3, -0.25) is 0 Å². The van der Waals surface area contributed by atoms with Gasteiger partial charge < -0.3 is 10.6 Å². The average molecular weight is 309 g/mol. The third-order valence-electron chi connectivity index (χ3n) is 3.56. The molecule has 0 heterocycles. The van der Waals surface area contributed by atoms with E-state index < -0.39 is 0 Å². The molecule has 1 atom stereocenters. The number of hydrogen-bond donors (Lipinski definition) is 1. The molecule has 0 amide bonds. The SMILES string of the molecule is CC(c1ccc(Cl)cc1)N(C)c1ccc(CN)cc1Cl. The second kappa shape index (κ2) is 6.49. The fourth-order valence-corrected chi connectivity index (χ4v) is 2.60. The Bertz CT molecular complexity index is 582. The summed E-state index contributed by atoms with van der Waals surface area (Å²) in [6, 6.07) is 14.0. The molecule has 106 valence electrons. The lowest BCUT2D eigenvalue weighted by Gasteiger charge is -2.28. The van der Waals surface area contributed by atoms with Crippen molar-refractivity contribution in [1.29, 1.82) is 0 Å². The molecule has 1 unspecified atom stereocenters. The lowest BCUT2D eigenvalue weighted by atomic mass is 10.1. The Balaban J connectivity index is 2.26. The second-order valence-electron chi connectivity index (χ2n) is 4.83. The van der Waals surface area contributed by atoms with Crippen molar-refractivity contribution in [2.45, 2.75) is 19.5 Å². The number of nitrogens with zero attached hydrogens (tertiary/aromatic N) is 1. The molecule has 2 aromatic rings. The summed E-state index contributed by atoms with van der Waals surface area (Å²) in [6.45, 7) is 2.63. The van der Waals surface area contributed by atoms with Crippen LogP contribution in [0.5, 0.6) is 0 Å². The first-order valence-electron chi connectivity index (χ1n) is 6.49. The fraction of sp³-hybridized carbons (Fsp3) is 0.250. The van der Waals surface area contributed by atoms with Gasteiger partial charge in [0.15, 0.2) is 0 Å². The molecule has 0 aliphatic rings. The summed E-state index contributed by atoms with van der Waals surface area (Å²) in [5.41, 5.74) is 8.84. The molecular formula is C16H18Cl2N2. The van der Waals surface area contributed by atoms with Gasteiger partial charge in [0.1, 0.15) is 0 Å². The highest BCUT2D eigenvalue weighted by Crippen LogP contribution is 2.32. The summed E-state index contributed by atoms with van der Waals surface area (Å²) in [5, 5.41) is 1.46. The highest BCUT2D eigenvalue weighted by Gasteiger charge is 2.15. The third kappa shape index (κ3) is 3.26. The van der Waals surface area contributed by atoms with E-state index >= 15 is 0 Å². The van der Waals surface area contributed by atoms with Gasteiger partial charge in [-0.2, -0.15) is 0 Å². The summed E-state index contributed by atoms with van der Waals surface area (Å²) >= 11 is 12.3. The van der Waals surface area contributed by atoms with Gasteiger partial charge in [-0.15, -0.1) is 0 Å². The predicted molar refractivity (Wildman–Crippen MR) is 87.6 cm³/mol. The fourth-order valence-electron chi connectivity index (χ4n) is 2.14. The van der Waals surface area contributed by atoms with Crippen LogP contribution in [0.3, 0.4) is 0 Å². The van der Waals surface area contributed by atoms with Crippen LogP contribution in [0.25, 0.3) is 0 Å². The van der Waals surface area contributed by atoms with Crippen molar-refractivity contribution in [3.8, 4) is 0 Å². The van der Waals surface area contributed by atoms with Crippen LogP contribution in [-0.4, -0.2) is 7.05 Å². The highest BCUT2D eigenvalue weighted by atomic mass is 35.5. The van der Waals surface area contributed by atoms with Crippen LogP contribution >= 0.6 is 23.2 Å². The van der Waals surface area contributed by atoms with Crippen LogP contribution in [0, 0.1) is 0 Å². The van der Waals surface area contributed by atoms with Crippen LogP contribution in [-0.2, 0) is 6.54 Å². The van der Waals surface area contributed by atoms with Crippen LogP contribution in [0.2, 0.25) is 10.0 Å². The first-order chi connectivity index (χ1) is 9.52. The van der Waals surface area contributed by atoms with Gasteiger partial charge in [-0.25, -0.2) is 0 Å². The lowest BCUT2D eigenvalue weighted by Crippen LogP contribution is -2.22. The Morgan fingerprint density at radius 1 is 1.10 bits per heavy atom. The Morgan fingerprint density at radius 2 is 1.75 bits per heavy atom. The zero-order chi connectivity index (χ0) is 14.7. The molecule has 2 nitrogen and oxygen atoms in total. The minimum Gasteiger partial charge on any atom is -0.367 e. The molecule has 0 bridgehead atoms. The molecular weight excluding hydrogens is 291 g/mol. The molecule has 2 aromatic carbocycles. The minimum atomic E-state index is 0.202. The maximum Gasteiger partial charge on any atom is 0.0642 e. The Hall–Kier alpha value is -1.22. The third-order valence-corrected chi connectivity index (χ3v) is 4.12. The van der Waals surface area contributed by atoms with Crippen molar-refractivity contribution in [2.75, 3.05) is 11.9 Å². The van der Waals surface area contributed by atoms with Crippen molar-refractivity contribution >= 4 is 28.9 Å². The standard InChI is InChI=1S/C16H18Cl2N2/c1-11(13-4-6-14(17)7-5-13)20(2)16-8-3-12(10-19)9-15(16)18/h3-9,11H,10,19H2,1-2H3. The Morgan fingerprint density at radius 3 is 2.30 bits per heavy atom. The van der Waals surface area contributed by atoms with E-state index in [1.54, 1.807) is 0 Å². The monoisotopic (exact) mass is 308 g/mol. The van der Waals surface area contributed by atoms with Gasteiger partial charge >= 0.3 is 0 Å². The smallest absolute Gasteiger partial charge is 0.0642 e. The summed E-state index contributed by atoms with van der Waals surface area (Å²) < 4.78 is 0. The van der Waals surface area contributed by atoms with Gasteiger partial charge in [0, 0.05) is 18.6 Å². The molecule has 0 aliphatic carbocycles. The second-order valence-corrected chi connectivity index (χ2v) is 5.67. The molecule has 0 aromatic heterocycles. The molecule has 0 spiro atoms. The minimum absolute atomic E-state index is 0.202. The molecule has 0 saturated heterocycles. The van der Waals surface area contributed by atoms with Gasteiger partial charge in [-0.05, 0) is 42.3 Å². The number of rotatable bonds is 4. The average Bonchev–Trinajstić information content (AvgIpc) is 2.46. The predicted octanol–water partition coefficient (Wildman–Crippen LogP) is 4.65. The highest BCUT2D eigenvalue weighted by molar-refractivity contribution is 6.33. The van der Waals surface area contributed by atoms with E-state index in [-0.39, 0.29) is 6.04 Å². The van der Waals surface area contributed by atoms with Crippen LogP contribution in [0.1, 0.15) is 24.1 Å². The topological polar surface area (TPSA) is 29.3 Å². The number of hydrogen-bond acceptors (Lipinski definition) is 2. The summed E-state index contributed by atoms with van der Waals surface area (Å²) in [6.07, 6.45) is 0. The van der Waals surface area contributed by atoms with Gasteiger partial charge in [0.05, 0.1) is 16.8 Å². The van der Waals surface area contributed by atoms with Gasteiger partial charge in [0.25, 0.3) is 0 Å². The molecule has 0 fully saturated rings. The van der Waals surface area contributed by atoms with Crippen molar-refractivity contribution in [3.63, 3.8) is 0 Å². The summed E-state index contributed by atoms with van der Waals surface area (Å²) in [7, 11) is 2.03. The maximum absolute atomic E-state index is 6.34. The van der Waals surface area contributed by atoms with E-state index in [1.165, 1.54) is 5.56 Å². The van der Waals surface area contributed by atoms with Gasteiger partial charge in [-0.1, -0.05) is 41.4 Å². The molecule has 2 rings (SSSR count).